The predicted molar refractivity (Wildman–Crippen MR) is 94.0 cm³/mol. The number of rotatable bonds is 6. The first-order valence-electron chi connectivity index (χ1n) is 7.76. The maximum Gasteiger partial charge on any atom is 0.338 e. The minimum absolute atomic E-state index is 0.110. The molecule has 0 fully saturated rings. The van der Waals surface area contributed by atoms with E-state index in [2.05, 4.69) is 10.6 Å². The van der Waals surface area contributed by atoms with Crippen LogP contribution in [-0.2, 0) is 16.1 Å². The summed E-state index contributed by atoms with van der Waals surface area (Å²) >= 11 is 0. The lowest BCUT2D eigenvalue weighted by molar-refractivity contribution is -0.119. The maximum atomic E-state index is 12.0. The number of anilines is 1. The summed E-state index contributed by atoms with van der Waals surface area (Å²) in [6, 6.07) is 13.2. The average molecular weight is 326 g/mol. The number of ether oxygens (including phenoxy) is 1. The molecule has 0 heterocycles. The third kappa shape index (κ3) is 4.35. The van der Waals surface area contributed by atoms with Crippen molar-refractivity contribution in [2.45, 2.75) is 20.4 Å². The Labute approximate surface area is 142 Å². The first-order chi connectivity index (χ1) is 11.5. The molecular weight excluding hydrogens is 304 g/mol. The van der Waals surface area contributed by atoms with Gasteiger partial charge in [-0.25, -0.2) is 4.79 Å². The number of aryl methyl sites for hydroxylation is 1. The van der Waals surface area contributed by atoms with Crippen LogP contribution in [0.25, 0.3) is 0 Å². The topological polar surface area (TPSA) is 67.4 Å². The molecule has 1 amide bonds. The monoisotopic (exact) mass is 326 g/mol. The zero-order chi connectivity index (χ0) is 17.5. The fraction of sp³-hybridized carbons (Fsp3) is 0.263. The van der Waals surface area contributed by atoms with Crippen molar-refractivity contribution < 1.29 is 14.3 Å². The molecular formula is C19H22N2O3. The van der Waals surface area contributed by atoms with E-state index in [-0.39, 0.29) is 18.4 Å². The summed E-state index contributed by atoms with van der Waals surface area (Å²) in [6.07, 6.45) is 0. The number of hydrogen-bond acceptors (Lipinski definition) is 4. The molecule has 0 atom stereocenters. The highest BCUT2D eigenvalue weighted by Gasteiger charge is 2.12. The number of nitrogens with one attached hydrogen (secondary N) is 2. The Morgan fingerprint density at radius 3 is 2.50 bits per heavy atom. The fourth-order valence-corrected chi connectivity index (χ4v) is 2.40. The van der Waals surface area contributed by atoms with Gasteiger partial charge >= 0.3 is 5.97 Å². The number of hydrogen-bond donors (Lipinski definition) is 2. The number of esters is 1. The second-order valence-corrected chi connectivity index (χ2v) is 5.53. The number of carbonyl (C=O) groups excluding carboxylic acids is 2. The molecule has 2 N–H and O–H groups in total. The third-order valence-corrected chi connectivity index (χ3v) is 3.92. The first kappa shape index (κ1) is 17.5. The molecule has 0 radical (unpaired) electrons. The van der Waals surface area contributed by atoms with Gasteiger partial charge in [-0.15, -0.1) is 0 Å². The van der Waals surface area contributed by atoms with E-state index in [1.165, 1.54) is 7.11 Å². The molecule has 0 bridgehead atoms. The van der Waals surface area contributed by atoms with Crippen molar-refractivity contribution in [3.8, 4) is 0 Å². The lowest BCUT2D eigenvalue weighted by Crippen LogP contribution is -2.29. The van der Waals surface area contributed by atoms with Crippen LogP contribution in [0.4, 0.5) is 5.69 Å². The maximum absolute atomic E-state index is 12.0. The molecule has 0 saturated carbocycles. The molecule has 0 aromatic heterocycles. The van der Waals surface area contributed by atoms with Gasteiger partial charge in [0.15, 0.2) is 0 Å². The Kier molecular flexibility index (Phi) is 5.95. The summed E-state index contributed by atoms with van der Waals surface area (Å²) in [7, 11) is 1.35. The molecule has 2 aromatic rings. The molecule has 0 aliphatic heterocycles. The van der Waals surface area contributed by atoms with Crippen LogP contribution in [-0.4, -0.2) is 25.5 Å². The van der Waals surface area contributed by atoms with Crippen LogP contribution in [0.2, 0.25) is 0 Å². The van der Waals surface area contributed by atoms with E-state index in [9.17, 15) is 9.59 Å². The summed E-state index contributed by atoms with van der Waals surface area (Å²) in [4.78, 5) is 23.7. The standard InChI is InChI=1S/C19H22N2O3/c1-13-7-4-5-8-15(13)11-21-18(22)12-20-17-10-6-9-16(14(17)2)19(23)24-3/h4-10,20H,11-12H2,1-3H3,(H,21,22). The Bertz CT molecular complexity index is 741. The number of methoxy groups -OCH3 is 1. The van der Waals surface area contributed by atoms with Crippen molar-refractivity contribution in [3.05, 3.63) is 64.7 Å². The van der Waals surface area contributed by atoms with Gasteiger partial charge < -0.3 is 15.4 Å². The molecule has 2 aromatic carbocycles. The van der Waals surface area contributed by atoms with Crippen molar-refractivity contribution in [3.63, 3.8) is 0 Å². The van der Waals surface area contributed by atoms with Crippen LogP contribution in [0.3, 0.4) is 0 Å². The van der Waals surface area contributed by atoms with Crippen molar-refractivity contribution in [2.24, 2.45) is 0 Å². The van der Waals surface area contributed by atoms with Crippen molar-refractivity contribution in [1.82, 2.24) is 5.32 Å². The largest absolute Gasteiger partial charge is 0.465 e. The molecule has 24 heavy (non-hydrogen) atoms. The van der Waals surface area contributed by atoms with Crippen molar-refractivity contribution >= 4 is 17.6 Å². The second kappa shape index (κ2) is 8.15. The van der Waals surface area contributed by atoms with E-state index in [0.29, 0.717) is 12.1 Å². The normalized spacial score (nSPS) is 10.1. The molecule has 0 aliphatic carbocycles. The van der Waals surface area contributed by atoms with Gasteiger partial charge in [0.1, 0.15) is 0 Å². The molecule has 0 saturated heterocycles. The zero-order valence-corrected chi connectivity index (χ0v) is 14.2. The van der Waals surface area contributed by atoms with Crippen LogP contribution >= 0.6 is 0 Å². The van der Waals surface area contributed by atoms with E-state index in [0.717, 1.165) is 22.4 Å². The van der Waals surface area contributed by atoms with Gasteiger partial charge in [0.25, 0.3) is 0 Å². The minimum atomic E-state index is -0.389. The highest BCUT2D eigenvalue weighted by molar-refractivity contribution is 5.93. The van der Waals surface area contributed by atoms with Gasteiger partial charge in [0, 0.05) is 12.2 Å². The summed E-state index contributed by atoms with van der Waals surface area (Å²) in [5, 5.41) is 5.95. The first-order valence-corrected chi connectivity index (χ1v) is 7.76. The Balaban J connectivity index is 1.92. The van der Waals surface area contributed by atoms with E-state index in [1.54, 1.807) is 12.1 Å². The number of benzene rings is 2. The molecule has 2 rings (SSSR count). The lowest BCUT2D eigenvalue weighted by Gasteiger charge is -2.13. The van der Waals surface area contributed by atoms with Crippen LogP contribution in [0.5, 0.6) is 0 Å². The highest BCUT2D eigenvalue weighted by Crippen LogP contribution is 2.19. The van der Waals surface area contributed by atoms with Crippen molar-refractivity contribution in [1.29, 1.82) is 0 Å². The average Bonchev–Trinajstić information content (AvgIpc) is 2.59. The Morgan fingerprint density at radius 2 is 1.79 bits per heavy atom. The van der Waals surface area contributed by atoms with Gasteiger partial charge in [-0.05, 0) is 42.7 Å². The zero-order valence-electron chi connectivity index (χ0n) is 14.2. The lowest BCUT2D eigenvalue weighted by atomic mass is 10.1. The second-order valence-electron chi connectivity index (χ2n) is 5.53. The molecule has 5 nitrogen and oxygen atoms in total. The summed E-state index contributed by atoms with van der Waals surface area (Å²) in [6.45, 7) is 4.47. The van der Waals surface area contributed by atoms with Crippen molar-refractivity contribution in [2.75, 3.05) is 19.0 Å². The van der Waals surface area contributed by atoms with Gasteiger partial charge in [0.05, 0.1) is 19.2 Å². The highest BCUT2D eigenvalue weighted by atomic mass is 16.5. The smallest absolute Gasteiger partial charge is 0.338 e. The van der Waals surface area contributed by atoms with Gasteiger partial charge in [-0.2, -0.15) is 0 Å². The Morgan fingerprint density at radius 1 is 1.04 bits per heavy atom. The molecule has 0 unspecified atom stereocenters. The van der Waals surface area contributed by atoms with Gasteiger partial charge in [0.2, 0.25) is 5.91 Å². The van der Waals surface area contributed by atoms with E-state index in [1.807, 2.05) is 44.2 Å². The summed E-state index contributed by atoms with van der Waals surface area (Å²) < 4.78 is 4.75. The van der Waals surface area contributed by atoms with Gasteiger partial charge in [-0.3, -0.25) is 4.79 Å². The quantitative estimate of drug-likeness (QED) is 0.801. The molecule has 126 valence electrons. The van der Waals surface area contributed by atoms with E-state index in [4.69, 9.17) is 4.74 Å². The number of carbonyl (C=O) groups is 2. The van der Waals surface area contributed by atoms with Crippen LogP contribution < -0.4 is 10.6 Å². The fourth-order valence-electron chi connectivity index (χ4n) is 2.40. The summed E-state index contributed by atoms with van der Waals surface area (Å²) in [5.74, 6) is -0.499. The van der Waals surface area contributed by atoms with E-state index < -0.39 is 0 Å². The van der Waals surface area contributed by atoms with Crippen LogP contribution in [0, 0.1) is 13.8 Å². The van der Waals surface area contributed by atoms with Crippen LogP contribution in [0.1, 0.15) is 27.0 Å². The Hall–Kier alpha value is -2.82. The molecule has 0 aliphatic rings. The predicted octanol–water partition coefficient (Wildman–Crippen LogP) is 2.82. The SMILES string of the molecule is COC(=O)c1cccc(NCC(=O)NCc2ccccc2C)c1C. The molecule has 5 heteroatoms. The van der Waals surface area contributed by atoms with Crippen LogP contribution in [0.15, 0.2) is 42.5 Å². The van der Waals surface area contributed by atoms with E-state index >= 15 is 0 Å². The minimum Gasteiger partial charge on any atom is -0.465 e. The third-order valence-electron chi connectivity index (χ3n) is 3.92. The van der Waals surface area contributed by atoms with Gasteiger partial charge in [-0.1, -0.05) is 30.3 Å². The number of amides is 1. The molecule has 0 spiro atoms. The summed E-state index contributed by atoms with van der Waals surface area (Å²) in [5.41, 5.74) is 4.23.